The molecule has 0 unspecified atom stereocenters. The number of rotatable bonds is 6. The van der Waals surface area contributed by atoms with Gasteiger partial charge in [0.2, 0.25) is 5.91 Å². The molecule has 3 rings (SSSR count). The van der Waals surface area contributed by atoms with Crippen LogP contribution in [0, 0.1) is 5.92 Å². The van der Waals surface area contributed by atoms with E-state index in [1.54, 1.807) is 0 Å². The molecule has 0 saturated carbocycles. The highest BCUT2D eigenvalue weighted by Crippen LogP contribution is 2.24. The summed E-state index contributed by atoms with van der Waals surface area (Å²) in [5.74, 6) is 2.09. The molecule has 1 N–H and O–H groups in total. The van der Waals surface area contributed by atoms with Gasteiger partial charge in [0.25, 0.3) is 0 Å². The molecule has 0 atom stereocenters. The second kappa shape index (κ2) is 8.67. The van der Waals surface area contributed by atoms with Crippen LogP contribution in [0.2, 0.25) is 0 Å². The van der Waals surface area contributed by atoms with E-state index in [1.165, 1.54) is 5.56 Å². The van der Waals surface area contributed by atoms with Crippen LogP contribution in [0.15, 0.2) is 54.6 Å². The summed E-state index contributed by atoms with van der Waals surface area (Å²) in [4.78, 5) is 14.3. The summed E-state index contributed by atoms with van der Waals surface area (Å²) in [6, 6.07) is 18.1. The third-order valence-electron chi connectivity index (χ3n) is 4.59. The lowest BCUT2D eigenvalue weighted by atomic mass is 9.95. The Morgan fingerprint density at radius 2 is 1.80 bits per heavy atom. The van der Waals surface area contributed by atoms with Crippen molar-refractivity contribution in [2.75, 3.05) is 19.6 Å². The Labute approximate surface area is 149 Å². The first-order valence-corrected chi connectivity index (χ1v) is 9.06. The molecule has 0 aromatic heterocycles. The first kappa shape index (κ1) is 17.5. The smallest absolute Gasteiger partial charge is 0.223 e. The molecule has 2 aromatic carbocycles. The predicted octanol–water partition coefficient (Wildman–Crippen LogP) is 3.83. The van der Waals surface area contributed by atoms with Gasteiger partial charge >= 0.3 is 0 Å². The summed E-state index contributed by atoms with van der Waals surface area (Å²) in [5, 5.41) is 2.94. The van der Waals surface area contributed by atoms with E-state index in [-0.39, 0.29) is 11.8 Å². The van der Waals surface area contributed by atoms with Gasteiger partial charge < -0.3 is 10.1 Å². The highest BCUT2D eigenvalue weighted by atomic mass is 16.5. The largest absolute Gasteiger partial charge is 0.457 e. The molecule has 1 fully saturated rings. The second-order valence-electron chi connectivity index (χ2n) is 6.51. The maximum atomic E-state index is 11.9. The minimum absolute atomic E-state index is 0.170. The van der Waals surface area contributed by atoms with Crippen LogP contribution >= 0.6 is 0 Å². The molecule has 1 saturated heterocycles. The number of amides is 1. The monoisotopic (exact) mass is 338 g/mol. The minimum atomic E-state index is 0.170. The molecule has 1 aliphatic heterocycles. The Morgan fingerprint density at radius 1 is 1.08 bits per heavy atom. The van der Waals surface area contributed by atoms with E-state index >= 15 is 0 Å². The SMILES string of the molecule is CCNC(=O)C1CCN(Cc2cccc(Oc3ccccc3)c2)CC1. The number of nitrogens with zero attached hydrogens (tertiary/aromatic N) is 1. The Balaban J connectivity index is 1.54. The molecule has 4 heteroatoms. The Kier molecular flexibility index (Phi) is 6.07. The number of carbonyl (C=O) groups is 1. The van der Waals surface area contributed by atoms with Gasteiger partial charge in [0, 0.05) is 19.0 Å². The maximum absolute atomic E-state index is 11.9. The van der Waals surface area contributed by atoms with Gasteiger partial charge in [-0.2, -0.15) is 0 Å². The fourth-order valence-corrected chi connectivity index (χ4v) is 3.26. The van der Waals surface area contributed by atoms with E-state index < -0.39 is 0 Å². The molecule has 25 heavy (non-hydrogen) atoms. The zero-order valence-corrected chi connectivity index (χ0v) is 14.8. The fourth-order valence-electron chi connectivity index (χ4n) is 3.26. The van der Waals surface area contributed by atoms with Crippen LogP contribution in [0.4, 0.5) is 0 Å². The van der Waals surface area contributed by atoms with Crippen molar-refractivity contribution in [2.24, 2.45) is 5.92 Å². The topological polar surface area (TPSA) is 41.6 Å². The van der Waals surface area contributed by atoms with Crippen LogP contribution in [0.25, 0.3) is 0 Å². The number of carbonyl (C=O) groups excluding carboxylic acids is 1. The lowest BCUT2D eigenvalue weighted by Gasteiger charge is -2.31. The molecule has 1 aliphatic rings. The number of para-hydroxylation sites is 1. The molecule has 132 valence electrons. The van der Waals surface area contributed by atoms with E-state index in [0.29, 0.717) is 6.54 Å². The summed E-state index contributed by atoms with van der Waals surface area (Å²) in [5.41, 5.74) is 1.24. The van der Waals surface area contributed by atoms with Gasteiger partial charge in [-0.3, -0.25) is 9.69 Å². The number of likely N-dealkylation sites (tertiary alicyclic amines) is 1. The van der Waals surface area contributed by atoms with Gasteiger partial charge in [-0.25, -0.2) is 0 Å². The first-order chi connectivity index (χ1) is 12.2. The lowest BCUT2D eigenvalue weighted by Crippen LogP contribution is -2.40. The van der Waals surface area contributed by atoms with Gasteiger partial charge in [0.1, 0.15) is 11.5 Å². The van der Waals surface area contributed by atoms with Crippen molar-refractivity contribution >= 4 is 5.91 Å². The second-order valence-corrected chi connectivity index (χ2v) is 6.51. The molecular weight excluding hydrogens is 312 g/mol. The molecule has 1 amide bonds. The average molecular weight is 338 g/mol. The zero-order valence-electron chi connectivity index (χ0n) is 14.8. The summed E-state index contributed by atoms with van der Waals surface area (Å²) < 4.78 is 5.91. The van der Waals surface area contributed by atoms with E-state index in [2.05, 4.69) is 22.3 Å². The van der Waals surface area contributed by atoms with E-state index in [9.17, 15) is 4.79 Å². The van der Waals surface area contributed by atoms with Crippen LogP contribution < -0.4 is 10.1 Å². The Bertz CT molecular complexity index is 679. The standard InChI is InChI=1S/C21H26N2O2/c1-2-22-21(24)18-11-13-23(14-12-18)16-17-7-6-10-20(15-17)25-19-8-4-3-5-9-19/h3-10,15,18H,2,11-14,16H2,1H3,(H,22,24). The van der Waals surface area contributed by atoms with Gasteiger partial charge in [-0.15, -0.1) is 0 Å². The molecule has 1 heterocycles. The summed E-state index contributed by atoms with van der Waals surface area (Å²) >= 11 is 0. The van der Waals surface area contributed by atoms with Gasteiger partial charge in [0.15, 0.2) is 0 Å². The molecule has 4 nitrogen and oxygen atoms in total. The Hall–Kier alpha value is -2.33. The van der Waals surface area contributed by atoms with Crippen LogP contribution in [0.5, 0.6) is 11.5 Å². The average Bonchev–Trinajstić information content (AvgIpc) is 2.64. The van der Waals surface area contributed by atoms with Gasteiger partial charge in [0.05, 0.1) is 0 Å². The summed E-state index contributed by atoms with van der Waals surface area (Å²) in [6.07, 6.45) is 1.87. The van der Waals surface area contributed by atoms with Crippen LogP contribution in [0.3, 0.4) is 0 Å². The maximum Gasteiger partial charge on any atom is 0.223 e. The molecule has 0 radical (unpaired) electrons. The van der Waals surface area contributed by atoms with Crippen molar-refractivity contribution in [1.82, 2.24) is 10.2 Å². The number of piperidine rings is 1. The van der Waals surface area contributed by atoms with E-state index in [4.69, 9.17) is 4.74 Å². The van der Waals surface area contributed by atoms with Crippen LogP contribution in [0.1, 0.15) is 25.3 Å². The quantitative estimate of drug-likeness (QED) is 0.870. The highest BCUT2D eigenvalue weighted by molar-refractivity contribution is 5.78. The third kappa shape index (κ3) is 5.07. The third-order valence-corrected chi connectivity index (χ3v) is 4.59. The number of hydrogen-bond acceptors (Lipinski definition) is 3. The molecular formula is C21H26N2O2. The van der Waals surface area contributed by atoms with E-state index in [1.807, 2.05) is 49.4 Å². The fraction of sp³-hybridized carbons (Fsp3) is 0.381. The highest BCUT2D eigenvalue weighted by Gasteiger charge is 2.24. The molecule has 0 spiro atoms. The van der Waals surface area contributed by atoms with E-state index in [0.717, 1.165) is 44.0 Å². The molecule has 2 aromatic rings. The number of hydrogen-bond donors (Lipinski definition) is 1. The van der Waals surface area contributed by atoms with Crippen LogP contribution in [-0.2, 0) is 11.3 Å². The minimum Gasteiger partial charge on any atom is -0.457 e. The number of nitrogens with one attached hydrogen (secondary N) is 1. The molecule has 0 bridgehead atoms. The van der Waals surface area contributed by atoms with Gasteiger partial charge in [-0.1, -0.05) is 30.3 Å². The van der Waals surface area contributed by atoms with Crippen molar-refractivity contribution in [1.29, 1.82) is 0 Å². The summed E-state index contributed by atoms with van der Waals surface area (Å²) in [7, 11) is 0. The van der Waals surface area contributed by atoms with Gasteiger partial charge in [-0.05, 0) is 62.7 Å². The normalized spacial score (nSPS) is 15.7. The van der Waals surface area contributed by atoms with Crippen molar-refractivity contribution in [3.63, 3.8) is 0 Å². The van der Waals surface area contributed by atoms with Crippen molar-refractivity contribution in [2.45, 2.75) is 26.3 Å². The van der Waals surface area contributed by atoms with Crippen LogP contribution in [-0.4, -0.2) is 30.4 Å². The number of benzene rings is 2. The zero-order chi connectivity index (χ0) is 17.5. The van der Waals surface area contributed by atoms with Crippen molar-refractivity contribution in [3.05, 3.63) is 60.2 Å². The lowest BCUT2D eigenvalue weighted by molar-refractivity contribution is -0.126. The molecule has 0 aliphatic carbocycles. The Morgan fingerprint density at radius 3 is 2.52 bits per heavy atom. The predicted molar refractivity (Wildman–Crippen MR) is 99.6 cm³/mol. The first-order valence-electron chi connectivity index (χ1n) is 9.06. The number of ether oxygens (including phenoxy) is 1. The van der Waals surface area contributed by atoms with Crippen molar-refractivity contribution in [3.8, 4) is 11.5 Å². The van der Waals surface area contributed by atoms with Crippen molar-refractivity contribution < 1.29 is 9.53 Å². The summed E-state index contributed by atoms with van der Waals surface area (Å²) in [6.45, 7) is 5.51.